The van der Waals surface area contributed by atoms with Gasteiger partial charge in [-0.3, -0.25) is 4.79 Å². The molecular formula is C14H19BrN2OS. The summed E-state index contributed by atoms with van der Waals surface area (Å²) < 4.78 is 1.11. The lowest BCUT2D eigenvalue weighted by atomic mass is 9.97. The van der Waals surface area contributed by atoms with Crippen LogP contribution in [0.25, 0.3) is 0 Å². The van der Waals surface area contributed by atoms with E-state index in [1.54, 1.807) is 0 Å². The van der Waals surface area contributed by atoms with Gasteiger partial charge in [0.1, 0.15) is 0 Å². The van der Waals surface area contributed by atoms with Crippen molar-refractivity contribution in [2.45, 2.75) is 41.9 Å². The van der Waals surface area contributed by atoms with Crippen LogP contribution in [0, 0.1) is 0 Å². The van der Waals surface area contributed by atoms with Crippen LogP contribution in [-0.4, -0.2) is 23.2 Å². The number of carbonyl (C=O) groups excluding carboxylic acids is 1. The third-order valence-corrected chi connectivity index (χ3v) is 5.89. The van der Waals surface area contributed by atoms with Crippen LogP contribution in [0.15, 0.2) is 33.6 Å². The van der Waals surface area contributed by atoms with Crippen molar-refractivity contribution in [2.75, 3.05) is 6.54 Å². The summed E-state index contributed by atoms with van der Waals surface area (Å²) in [5.74, 6) is -0.218. The topological polar surface area (TPSA) is 55.1 Å². The minimum atomic E-state index is -0.506. The van der Waals surface area contributed by atoms with Gasteiger partial charge in [0.15, 0.2) is 0 Å². The highest BCUT2D eigenvalue weighted by Crippen LogP contribution is 2.42. The van der Waals surface area contributed by atoms with E-state index in [2.05, 4.69) is 27.3 Å². The molecule has 1 aliphatic rings. The second kappa shape index (κ2) is 6.29. The average molecular weight is 343 g/mol. The number of nitrogens with one attached hydrogen (secondary N) is 1. The predicted molar refractivity (Wildman–Crippen MR) is 83.2 cm³/mol. The number of likely N-dealkylation sites (N-methyl/N-ethyl adjacent to an activating group) is 1. The summed E-state index contributed by atoms with van der Waals surface area (Å²) in [6.45, 7) is 2.79. The largest absolute Gasteiger partial charge is 0.368 e. The highest BCUT2D eigenvalue weighted by molar-refractivity contribution is 9.10. The monoisotopic (exact) mass is 342 g/mol. The zero-order valence-corrected chi connectivity index (χ0v) is 13.4. The number of hydrogen-bond acceptors (Lipinski definition) is 3. The van der Waals surface area contributed by atoms with Gasteiger partial charge in [0.2, 0.25) is 5.91 Å². The van der Waals surface area contributed by atoms with Crippen LogP contribution < -0.4 is 11.1 Å². The zero-order valence-electron chi connectivity index (χ0n) is 11.0. The van der Waals surface area contributed by atoms with E-state index < -0.39 is 5.54 Å². The fraction of sp³-hybridized carbons (Fsp3) is 0.500. The van der Waals surface area contributed by atoms with Crippen LogP contribution in [0.3, 0.4) is 0 Å². The van der Waals surface area contributed by atoms with Gasteiger partial charge in [-0.25, -0.2) is 0 Å². The summed E-state index contributed by atoms with van der Waals surface area (Å²) in [7, 11) is 0. The Kier molecular flexibility index (Phi) is 4.92. The van der Waals surface area contributed by atoms with E-state index in [4.69, 9.17) is 5.73 Å². The summed E-state index contributed by atoms with van der Waals surface area (Å²) in [4.78, 5) is 12.9. The van der Waals surface area contributed by atoms with Crippen molar-refractivity contribution in [3.05, 3.63) is 28.7 Å². The Bertz CT molecular complexity index is 469. The third kappa shape index (κ3) is 3.33. The molecule has 0 aliphatic heterocycles. The smallest absolute Gasteiger partial charge is 0.237 e. The Morgan fingerprint density at radius 3 is 2.95 bits per heavy atom. The van der Waals surface area contributed by atoms with Crippen molar-refractivity contribution in [3.63, 3.8) is 0 Å². The van der Waals surface area contributed by atoms with E-state index in [9.17, 15) is 4.79 Å². The van der Waals surface area contributed by atoms with Crippen molar-refractivity contribution >= 4 is 33.6 Å². The molecule has 3 nitrogen and oxygen atoms in total. The van der Waals surface area contributed by atoms with E-state index in [-0.39, 0.29) is 5.91 Å². The van der Waals surface area contributed by atoms with E-state index in [1.807, 2.05) is 36.9 Å². The number of hydrogen-bond donors (Lipinski definition) is 2. The second-order valence-corrected chi connectivity index (χ2v) is 7.09. The molecule has 1 amide bonds. The van der Waals surface area contributed by atoms with Gasteiger partial charge in [0, 0.05) is 14.6 Å². The molecule has 104 valence electrons. The number of carbonyl (C=O) groups is 1. The number of primary amides is 1. The molecule has 1 saturated carbocycles. The van der Waals surface area contributed by atoms with Crippen molar-refractivity contribution in [2.24, 2.45) is 5.73 Å². The molecule has 0 aromatic heterocycles. The fourth-order valence-electron chi connectivity index (χ4n) is 2.63. The second-order valence-electron chi connectivity index (χ2n) is 4.89. The van der Waals surface area contributed by atoms with Crippen LogP contribution in [0.5, 0.6) is 0 Å². The molecule has 2 unspecified atom stereocenters. The Labute approximate surface area is 126 Å². The van der Waals surface area contributed by atoms with Gasteiger partial charge in [-0.05, 0) is 53.9 Å². The van der Waals surface area contributed by atoms with E-state index in [1.165, 1.54) is 4.90 Å². The summed E-state index contributed by atoms with van der Waals surface area (Å²) in [6, 6.07) is 8.19. The lowest BCUT2D eigenvalue weighted by Crippen LogP contribution is -2.53. The molecule has 0 radical (unpaired) electrons. The fourth-order valence-corrected chi connectivity index (χ4v) is 4.50. The van der Waals surface area contributed by atoms with Crippen molar-refractivity contribution in [1.29, 1.82) is 0 Å². The van der Waals surface area contributed by atoms with Crippen molar-refractivity contribution < 1.29 is 4.79 Å². The first-order valence-corrected chi connectivity index (χ1v) is 8.21. The molecule has 1 aromatic rings. The molecule has 1 fully saturated rings. The Morgan fingerprint density at radius 1 is 1.58 bits per heavy atom. The molecule has 3 N–H and O–H groups in total. The van der Waals surface area contributed by atoms with Gasteiger partial charge < -0.3 is 11.1 Å². The third-order valence-electron chi connectivity index (χ3n) is 3.59. The highest BCUT2D eigenvalue weighted by Gasteiger charge is 2.43. The Hall–Kier alpha value is -0.520. The lowest BCUT2D eigenvalue weighted by Gasteiger charge is -2.26. The minimum Gasteiger partial charge on any atom is -0.368 e. The SMILES string of the molecule is CCNC1(C(N)=O)CCC(Sc2ccccc2Br)C1. The quantitative estimate of drug-likeness (QED) is 0.864. The van der Waals surface area contributed by atoms with Gasteiger partial charge in [-0.1, -0.05) is 19.1 Å². The molecular weight excluding hydrogens is 324 g/mol. The van der Waals surface area contributed by atoms with Gasteiger partial charge in [-0.15, -0.1) is 11.8 Å². The first-order valence-electron chi connectivity index (χ1n) is 6.53. The van der Waals surface area contributed by atoms with Crippen LogP contribution >= 0.6 is 27.7 Å². The molecule has 2 rings (SSSR count). The summed E-state index contributed by atoms with van der Waals surface area (Å²) in [6.07, 6.45) is 2.66. The first-order chi connectivity index (χ1) is 9.07. The number of rotatable bonds is 5. The van der Waals surface area contributed by atoms with Crippen molar-refractivity contribution in [1.82, 2.24) is 5.32 Å². The maximum Gasteiger partial charge on any atom is 0.237 e. The molecule has 0 heterocycles. The molecule has 0 saturated heterocycles. The first kappa shape index (κ1) is 14.9. The molecule has 5 heteroatoms. The number of thioether (sulfide) groups is 1. The minimum absolute atomic E-state index is 0.218. The molecule has 1 aliphatic carbocycles. The maximum atomic E-state index is 11.7. The van der Waals surface area contributed by atoms with Crippen LogP contribution in [-0.2, 0) is 4.79 Å². The highest BCUT2D eigenvalue weighted by atomic mass is 79.9. The average Bonchev–Trinajstić information content (AvgIpc) is 2.77. The number of benzene rings is 1. The molecule has 2 atom stereocenters. The predicted octanol–water partition coefficient (Wildman–Crippen LogP) is 2.93. The zero-order chi connectivity index (χ0) is 13.9. The van der Waals surface area contributed by atoms with Gasteiger partial charge >= 0.3 is 0 Å². The Balaban J connectivity index is 2.06. The van der Waals surface area contributed by atoms with Gasteiger partial charge in [0.25, 0.3) is 0 Å². The number of amides is 1. The van der Waals surface area contributed by atoms with Crippen LogP contribution in [0.4, 0.5) is 0 Å². The van der Waals surface area contributed by atoms with Gasteiger partial charge in [-0.2, -0.15) is 0 Å². The molecule has 1 aromatic carbocycles. The summed E-state index contributed by atoms with van der Waals surface area (Å²) >= 11 is 5.39. The number of halogens is 1. The van der Waals surface area contributed by atoms with E-state index >= 15 is 0 Å². The number of nitrogens with two attached hydrogens (primary N) is 1. The van der Waals surface area contributed by atoms with Crippen LogP contribution in [0.2, 0.25) is 0 Å². The standard InChI is InChI=1S/C14H19BrN2OS/c1-2-17-14(13(16)18)8-7-10(9-14)19-12-6-4-3-5-11(12)15/h3-6,10,17H,2,7-9H2,1H3,(H2,16,18). The molecule has 19 heavy (non-hydrogen) atoms. The van der Waals surface area contributed by atoms with E-state index in [0.29, 0.717) is 5.25 Å². The normalized spacial score (nSPS) is 26.5. The van der Waals surface area contributed by atoms with Crippen LogP contribution in [0.1, 0.15) is 26.2 Å². The van der Waals surface area contributed by atoms with Crippen molar-refractivity contribution in [3.8, 4) is 0 Å². The van der Waals surface area contributed by atoms with Gasteiger partial charge in [0.05, 0.1) is 5.54 Å². The lowest BCUT2D eigenvalue weighted by molar-refractivity contribution is -0.124. The Morgan fingerprint density at radius 2 is 2.32 bits per heavy atom. The molecule has 0 bridgehead atoms. The maximum absolute atomic E-state index is 11.7. The summed E-state index contributed by atoms with van der Waals surface area (Å²) in [5, 5.41) is 3.72. The summed E-state index contributed by atoms with van der Waals surface area (Å²) in [5.41, 5.74) is 5.08. The molecule has 0 spiro atoms. The van der Waals surface area contributed by atoms with E-state index in [0.717, 1.165) is 30.3 Å².